The molecular weight excluding hydrogens is 262 g/mol. The SMILES string of the molecule is CNCC1CCCCN1S(=O)(=O)NC1(C)CCCC1. The molecule has 1 aliphatic heterocycles. The lowest BCUT2D eigenvalue weighted by Crippen LogP contribution is -2.56. The number of likely N-dealkylation sites (N-methyl/N-ethyl adjacent to an activating group) is 1. The molecule has 112 valence electrons. The molecule has 0 radical (unpaired) electrons. The van der Waals surface area contributed by atoms with Gasteiger partial charge in [-0.15, -0.1) is 0 Å². The summed E-state index contributed by atoms with van der Waals surface area (Å²) in [6.45, 7) is 3.42. The van der Waals surface area contributed by atoms with Crippen molar-refractivity contribution in [1.82, 2.24) is 14.3 Å². The molecule has 2 rings (SSSR count). The standard InChI is InChI=1S/C13H27N3O2S/c1-13(8-4-5-9-13)15-19(17,18)16-10-6-3-7-12(16)11-14-2/h12,14-15H,3-11H2,1-2H3. The summed E-state index contributed by atoms with van der Waals surface area (Å²) in [6.07, 6.45) is 7.21. The van der Waals surface area contributed by atoms with E-state index in [1.54, 1.807) is 4.31 Å². The van der Waals surface area contributed by atoms with Crippen molar-refractivity contribution >= 4 is 10.2 Å². The van der Waals surface area contributed by atoms with E-state index in [4.69, 9.17) is 0 Å². The molecule has 6 heteroatoms. The molecule has 1 heterocycles. The Labute approximate surface area is 117 Å². The van der Waals surface area contributed by atoms with Crippen LogP contribution in [0.3, 0.4) is 0 Å². The summed E-state index contributed by atoms with van der Waals surface area (Å²) >= 11 is 0. The third kappa shape index (κ3) is 3.68. The predicted octanol–water partition coefficient (Wildman–Crippen LogP) is 1.23. The van der Waals surface area contributed by atoms with Crippen LogP contribution in [0.15, 0.2) is 0 Å². The zero-order valence-corrected chi connectivity index (χ0v) is 12.9. The minimum Gasteiger partial charge on any atom is -0.318 e. The highest BCUT2D eigenvalue weighted by Crippen LogP contribution is 2.31. The van der Waals surface area contributed by atoms with Crippen molar-refractivity contribution in [2.24, 2.45) is 0 Å². The van der Waals surface area contributed by atoms with Gasteiger partial charge in [0.2, 0.25) is 0 Å². The van der Waals surface area contributed by atoms with E-state index in [0.717, 1.165) is 51.5 Å². The number of hydrogen-bond acceptors (Lipinski definition) is 3. The highest BCUT2D eigenvalue weighted by molar-refractivity contribution is 7.87. The van der Waals surface area contributed by atoms with Crippen LogP contribution >= 0.6 is 0 Å². The van der Waals surface area contributed by atoms with Crippen molar-refractivity contribution < 1.29 is 8.42 Å². The summed E-state index contributed by atoms with van der Waals surface area (Å²) in [5.41, 5.74) is -0.236. The van der Waals surface area contributed by atoms with Gasteiger partial charge in [-0.05, 0) is 39.7 Å². The molecule has 2 fully saturated rings. The molecule has 1 aliphatic carbocycles. The zero-order valence-electron chi connectivity index (χ0n) is 12.1. The maximum atomic E-state index is 12.6. The molecule has 2 N–H and O–H groups in total. The highest BCUT2D eigenvalue weighted by atomic mass is 32.2. The largest absolute Gasteiger partial charge is 0.318 e. The van der Waals surface area contributed by atoms with Gasteiger partial charge in [0.05, 0.1) is 0 Å². The number of rotatable bonds is 5. The highest BCUT2D eigenvalue weighted by Gasteiger charge is 2.38. The zero-order chi connectivity index (χ0) is 13.9. The van der Waals surface area contributed by atoms with E-state index < -0.39 is 10.2 Å². The van der Waals surface area contributed by atoms with Gasteiger partial charge >= 0.3 is 0 Å². The van der Waals surface area contributed by atoms with Crippen molar-refractivity contribution in [2.45, 2.75) is 63.5 Å². The summed E-state index contributed by atoms with van der Waals surface area (Å²) in [5, 5.41) is 3.11. The van der Waals surface area contributed by atoms with Crippen LogP contribution in [0.4, 0.5) is 0 Å². The van der Waals surface area contributed by atoms with E-state index in [-0.39, 0.29) is 11.6 Å². The molecule has 1 atom stereocenters. The Balaban J connectivity index is 2.08. The minimum atomic E-state index is -3.35. The molecule has 0 amide bonds. The normalized spacial score (nSPS) is 28.6. The predicted molar refractivity (Wildman–Crippen MR) is 77.2 cm³/mol. The van der Waals surface area contributed by atoms with Crippen LogP contribution in [-0.4, -0.2) is 44.4 Å². The number of piperidine rings is 1. The van der Waals surface area contributed by atoms with Gasteiger partial charge in [-0.25, -0.2) is 0 Å². The van der Waals surface area contributed by atoms with Crippen LogP contribution in [0.25, 0.3) is 0 Å². The van der Waals surface area contributed by atoms with Crippen molar-refractivity contribution in [3.8, 4) is 0 Å². The van der Waals surface area contributed by atoms with Crippen molar-refractivity contribution in [1.29, 1.82) is 0 Å². The lowest BCUT2D eigenvalue weighted by atomic mass is 10.0. The van der Waals surface area contributed by atoms with E-state index >= 15 is 0 Å². The lowest BCUT2D eigenvalue weighted by molar-refractivity contribution is 0.241. The van der Waals surface area contributed by atoms with Gasteiger partial charge in [0, 0.05) is 24.7 Å². The Morgan fingerprint density at radius 3 is 2.53 bits per heavy atom. The molecule has 0 aromatic heterocycles. The van der Waals surface area contributed by atoms with Crippen molar-refractivity contribution in [3.63, 3.8) is 0 Å². The fourth-order valence-corrected chi connectivity index (χ4v) is 5.24. The second-order valence-corrected chi connectivity index (χ2v) is 7.82. The molecule has 0 aromatic rings. The summed E-state index contributed by atoms with van der Waals surface area (Å²) < 4.78 is 29.9. The molecule has 19 heavy (non-hydrogen) atoms. The second kappa shape index (κ2) is 6.08. The van der Waals surface area contributed by atoms with Crippen LogP contribution < -0.4 is 10.0 Å². The third-order valence-corrected chi connectivity index (χ3v) is 6.25. The summed E-state index contributed by atoms with van der Waals surface area (Å²) in [5.74, 6) is 0. The topological polar surface area (TPSA) is 61.4 Å². The average molecular weight is 289 g/mol. The minimum absolute atomic E-state index is 0.0984. The van der Waals surface area contributed by atoms with E-state index in [2.05, 4.69) is 10.0 Å². The first-order valence-electron chi connectivity index (χ1n) is 7.42. The van der Waals surface area contributed by atoms with Crippen LogP contribution in [0.2, 0.25) is 0 Å². The fourth-order valence-electron chi connectivity index (χ4n) is 3.36. The van der Waals surface area contributed by atoms with Gasteiger partial charge in [0.1, 0.15) is 0 Å². The first-order valence-corrected chi connectivity index (χ1v) is 8.86. The first-order chi connectivity index (χ1) is 8.97. The van der Waals surface area contributed by atoms with Crippen LogP contribution in [-0.2, 0) is 10.2 Å². The van der Waals surface area contributed by atoms with Crippen LogP contribution in [0.5, 0.6) is 0 Å². The number of nitrogens with zero attached hydrogens (tertiary/aromatic N) is 1. The molecule has 0 aromatic carbocycles. The second-order valence-electron chi connectivity index (χ2n) is 6.19. The molecule has 0 spiro atoms. The molecule has 1 unspecified atom stereocenters. The Morgan fingerprint density at radius 1 is 1.21 bits per heavy atom. The number of nitrogens with one attached hydrogen (secondary N) is 2. The molecular formula is C13H27N3O2S. The van der Waals surface area contributed by atoms with E-state index in [1.165, 1.54) is 0 Å². The molecule has 1 saturated carbocycles. The van der Waals surface area contributed by atoms with E-state index in [0.29, 0.717) is 6.54 Å². The smallest absolute Gasteiger partial charge is 0.280 e. The summed E-state index contributed by atoms with van der Waals surface area (Å²) in [6, 6.07) is 0.0984. The van der Waals surface area contributed by atoms with Crippen LogP contribution in [0.1, 0.15) is 51.9 Å². The first kappa shape index (κ1) is 15.2. The maximum absolute atomic E-state index is 12.6. The van der Waals surface area contributed by atoms with Gasteiger partial charge in [0.25, 0.3) is 10.2 Å². The average Bonchev–Trinajstić information content (AvgIpc) is 2.76. The number of hydrogen-bond donors (Lipinski definition) is 2. The fraction of sp³-hybridized carbons (Fsp3) is 1.00. The molecule has 1 saturated heterocycles. The Morgan fingerprint density at radius 2 is 1.89 bits per heavy atom. The van der Waals surface area contributed by atoms with E-state index in [1.807, 2.05) is 14.0 Å². The van der Waals surface area contributed by atoms with Crippen molar-refractivity contribution in [2.75, 3.05) is 20.1 Å². The van der Waals surface area contributed by atoms with Gasteiger partial charge in [-0.3, -0.25) is 0 Å². The Kier molecular flexibility index (Phi) is 4.87. The van der Waals surface area contributed by atoms with Gasteiger partial charge < -0.3 is 5.32 Å². The summed E-state index contributed by atoms with van der Waals surface area (Å²) in [7, 11) is -1.47. The molecule has 0 bridgehead atoms. The Hall–Kier alpha value is -0.170. The maximum Gasteiger partial charge on any atom is 0.280 e. The Bertz CT molecular complexity index is 389. The third-order valence-electron chi connectivity index (χ3n) is 4.40. The molecule has 5 nitrogen and oxygen atoms in total. The van der Waals surface area contributed by atoms with Gasteiger partial charge in [0.15, 0.2) is 0 Å². The lowest BCUT2D eigenvalue weighted by Gasteiger charge is -2.37. The summed E-state index contributed by atoms with van der Waals surface area (Å²) in [4.78, 5) is 0. The van der Waals surface area contributed by atoms with Gasteiger partial charge in [-0.2, -0.15) is 17.4 Å². The quantitative estimate of drug-likeness (QED) is 0.800. The van der Waals surface area contributed by atoms with Crippen LogP contribution in [0, 0.1) is 0 Å². The molecule has 2 aliphatic rings. The monoisotopic (exact) mass is 289 g/mol. The van der Waals surface area contributed by atoms with Gasteiger partial charge in [-0.1, -0.05) is 19.3 Å². The van der Waals surface area contributed by atoms with Crippen molar-refractivity contribution in [3.05, 3.63) is 0 Å². The van der Waals surface area contributed by atoms with E-state index in [9.17, 15) is 8.42 Å².